The van der Waals surface area contributed by atoms with Crippen LogP contribution in [-0.2, 0) is 23.8 Å². The zero-order chi connectivity index (χ0) is 26.7. The molecule has 37 heavy (non-hydrogen) atoms. The van der Waals surface area contributed by atoms with Gasteiger partial charge in [-0.3, -0.25) is 9.59 Å². The zero-order valence-electron chi connectivity index (χ0n) is 22.3. The molecule has 0 bridgehead atoms. The third-order valence-corrected chi connectivity index (χ3v) is 14.1. The lowest BCUT2D eigenvalue weighted by atomic mass is 9.77. The maximum absolute atomic E-state index is 13.4. The molecule has 0 saturated carbocycles. The molecular weight excluding hydrogens is 480 g/mol. The Bertz CT molecular complexity index is 1150. The van der Waals surface area contributed by atoms with Crippen molar-refractivity contribution >= 4 is 30.4 Å². The van der Waals surface area contributed by atoms with Crippen LogP contribution in [0.1, 0.15) is 38.9 Å². The Morgan fingerprint density at radius 3 is 1.65 bits per heavy atom. The maximum atomic E-state index is 13.4. The van der Waals surface area contributed by atoms with Crippen LogP contribution in [0.15, 0.2) is 91.0 Å². The number of rotatable bonds is 7. The van der Waals surface area contributed by atoms with Crippen LogP contribution in [0.3, 0.4) is 0 Å². The number of ether oxygens (including phenoxy) is 3. The fourth-order valence-corrected chi connectivity index (χ4v) is 11.7. The standard InChI is InChI=1S/C31H36O5Si/c1-30(2,3)37(25-17-11-7-12-18-25,26-19-13-8-14-20-26)22-24-21-31(28(32)34-4,29(33)35-5)27(36-24)23-15-9-6-10-16-23/h6-20,24,27H,21-22H2,1-5H3. The Hall–Kier alpha value is -3.22. The molecule has 194 valence electrons. The lowest BCUT2D eigenvalue weighted by Gasteiger charge is -2.45. The molecule has 0 radical (unpaired) electrons. The van der Waals surface area contributed by atoms with Gasteiger partial charge in [-0.25, -0.2) is 0 Å². The summed E-state index contributed by atoms with van der Waals surface area (Å²) in [6.45, 7) is 6.87. The molecule has 2 unspecified atom stereocenters. The van der Waals surface area contributed by atoms with E-state index in [9.17, 15) is 9.59 Å². The molecule has 0 aliphatic carbocycles. The van der Waals surface area contributed by atoms with Crippen LogP contribution in [0.25, 0.3) is 0 Å². The number of hydrogen-bond acceptors (Lipinski definition) is 5. The lowest BCUT2D eigenvalue weighted by Crippen LogP contribution is -2.65. The van der Waals surface area contributed by atoms with Crippen molar-refractivity contribution in [3.05, 3.63) is 96.6 Å². The predicted molar refractivity (Wildman–Crippen MR) is 148 cm³/mol. The van der Waals surface area contributed by atoms with E-state index < -0.39 is 31.5 Å². The van der Waals surface area contributed by atoms with Crippen LogP contribution in [0.2, 0.25) is 11.1 Å². The molecule has 5 nitrogen and oxygen atoms in total. The Labute approximate surface area is 220 Å². The summed E-state index contributed by atoms with van der Waals surface area (Å²) in [5, 5.41) is 2.49. The normalized spacial score (nSPS) is 19.3. The quantitative estimate of drug-likeness (QED) is 0.254. The second kappa shape index (κ2) is 10.6. The Kier molecular flexibility index (Phi) is 7.71. The van der Waals surface area contributed by atoms with Crippen LogP contribution >= 0.6 is 0 Å². The third kappa shape index (κ3) is 4.64. The Balaban J connectivity index is 1.88. The molecule has 0 spiro atoms. The van der Waals surface area contributed by atoms with Gasteiger partial charge in [-0.15, -0.1) is 0 Å². The molecular formula is C31H36O5Si. The number of carbonyl (C=O) groups excluding carboxylic acids is 2. The molecule has 2 atom stereocenters. The van der Waals surface area contributed by atoms with E-state index in [2.05, 4.69) is 69.3 Å². The first kappa shape index (κ1) is 26.8. The topological polar surface area (TPSA) is 61.8 Å². The first-order chi connectivity index (χ1) is 17.7. The number of esters is 2. The Morgan fingerprint density at radius 1 is 0.811 bits per heavy atom. The van der Waals surface area contributed by atoms with Crippen molar-refractivity contribution in [3.63, 3.8) is 0 Å². The highest BCUT2D eigenvalue weighted by Gasteiger charge is 2.63. The van der Waals surface area contributed by atoms with Gasteiger partial charge in [0.1, 0.15) is 14.2 Å². The van der Waals surface area contributed by atoms with Gasteiger partial charge >= 0.3 is 11.9 Å². The second-order valence-electron chi connectivity index (χ2n) is 10.8. The van der Waals surface area contributed by atoms with Crippen LogP contribution < -0.4 is 10.4 Å². The summed E-state index contributed by atoms with van der Waals surface area (Å²) in [4.78, 5) is 26.8. The third-order valence-electron chi connectivity index (χ3n) is 7.87. The van der Waals surface area contributed by atoms with Gasteiger partial charge in [0, 0.05) is 6.42 Å². The summed E-state index contributed by atoms with van der Waals surface area (Å²) < 4.78 is 17.2. The van der Waals surface area contributed by atoms with Crippen molar-refractivity contribution in [1.29, 1.82) is 0 Å². The summed E-state index contributed by atoms with van der Waals surface area (Å²) in [6.07, 6.45) is -0.984. The van der Waals surface area contributed by atoms with Crippen molar-refractivity contribution in [2.75, 3.05) is 14.2 Å². The lowest BCUT2D eigenvalue weighted by molar-refractivity contribution is -0.173. The summed E-state index contributed by atoms with van der Waals surface area (Å²) >= 11 is 0. The summed E-state index contributed by atoms with van der Waals surface area (Å²) in [5.41, 5.74) is -0.829. The monoisotopic (exact) mass is 516 g/mol. The van der Waals surface area contributed by atoms with E-state index in [4.69, 9.17) is 14.2 Å². The zero-order valence-corrected chi connectivity index (χ0v) is 23.3. The van der Waals surface area contributed by atoms with Crippen LogP contribution in [0.4, 0.5) is 0 Å². The average Bonchev–Trinajstić information content (AvgIpc) is 3.31. The Morgan fingerprint density at radius 2 is 1.24 bits per heavy atom. The number of hydrogen-bond donors (Lipinski definition) is 0. The molecule has 1 aliphatic heterocycles. The van der Waals surface area contributed by atoms with Crippen molar-refractivity contribution in [3.8, 4) is 0 Å². The van der Waals surface area contributed by atoms with Gasteiger partial charge in [0.2, 0.25) is 0 Å². The summed E-state index contributed by atoms with van der Waals surface area (Å²) in [5.74, 6) is -1.25. The highest BCUT2D eigenvalue weighted by Crippen LogP contribution is 2.53. The summed E-state index contributed by atoms with van der Waals surface area (Å²) in [6, 6.07) is 31.4. The molecule has 1 heterocycles. The minimum atomic E-state index is -2.53. The average molecular weight is 517 g/mol. The second-order valence-corrected chi connectivity index (χ2v) is 15.7. The molecule has 1 fully saturated rings. The van der Waals surface area contributed by atoms with E-state index in [0.29, 0.717) is 6.04 Å². The van der Waals surface area contributed by atoms with E-state index >= 15 is 0 Å². The van der Waals surface area contributed by atoms with Crippen LogP contribution in [0.5, 0.6) is 0 Å². The van der Waals surface area contributed by atoms with Gasteiger partial charge in [0.15, 0.2) is 5.41 Å². The molecule has 0 N–H and O–H groups in total. The van der Waals surface area contributed by atoms with E-state index in [1.807, 2.05) is 42.5 Å². The molecule has 6 heteroatoms. The van der Waals surface area contributed by atoms with Crippen molar-refractivity contribution in [1.82, 2.24) is 0 Å². The first-order valence-electron chi connectivity index (χ1n) is 12.7. The molecule has 0 amide bonds. The van der Waals surface area contributed by atoms with E-state index in [1.165, 1.54) is 24.6 Å². The number of carbonyl (C=O) groups is 2. The minimum absolute atomic E-state index is 0.0942. The van der Waals surface area contributed by atoms with Crippen molar-refractivity contribution < 1.29 is 23.8 Å². The summed E-state index contributed by atoms with van der Waals surface area (Å²) in [7, 11) is 0.0935. The SMILES string of the molecule is COC(=O)C1(C(=O)OC)CC(C[Si](c2ccccc2)(c2ccccc2)C(C)(C)C)OC1c1ccccc1. The van der Waals surface area contributed by atoms with E-state index in [-0.39, 0.29) is 17.6 Å². The van der Waals surface area contributed by atoms with Gasteiger partial charge in [0.05, 0.1) is 20.3 Å². The van der Waals surface area contributed by atoms with Gasteiger partial charge in [0.25, 0.3) is 0 Å². The van der Waals surface area contributed by atoms with Crippen molar-refractivity contribution in [2.24, 2.45) is 5.41 Å². The molecule has 1 saturated heterocycles. The van der Waals surface area contributed by atoms with E-state index in [1.54, 1.807) is 0 Å². The predicted octanol–water partition coefficient (Wildman–Crippen LogP) is 4.91. The van der Waals surface area contributed by atoms with Crippen molar-refractivity contribution in [2.45, 2.75) is 50.5 Å². The molecule has 4 rings (SSSR count). The largest absolute Gasteiger partial charge is 0.468 e. The fraction of sp³-hybridized carbons (Fsp3) is 0.355. The fourth-order valence-electron chi connectivity index (χ4n) is 6.12. The maximum Gasteiger partial charge on any atom is 0.326 e. The van der Waals surface area contributed by atoms with Gasteiger partial charge in [-0.05, 0) is 16.6 Å². The van der Waals surface area contributed by atoms with E-state index in [0.717, 1.165) is 5.56 Å². The number of benzene rings is 3. The van der Waals surface area contributed by atoms with Gasteiger partial charge in [-0.1, -0.05) is 122 Å². The van der Waals surface area contributed by atoms with Gasteiger partial charge < -0.3 is 14.2 Å². The number of methoxy groups -OCH3 is 2. The molecule has 1 aliphatic rings. The highest BCUT2D eigenvalue weighted by atomic mass is 28.3. The van der Waals surface area contributed by atoms with Crippen LogP contribution in [-0.4, -0.2) is 40.3 Å². The van der Waals surface area contributed by atoms with Crippen LogP contribution in [0, 0.1) is 5.41 Å². The first-order valence-corrected chi connectivity index (χ1v) is 14.9. The highest BCUT2D eigenvalue weighted by molar-refractivity contribution is 7.04. The van der Waals surface area contributed by atoms with Gasteiger partial charge in [-0.2, -0.15) is 0 Å². The molecule has 0 aromatic heterocycles. The smallest absolute Gasteiger partial charge is 0.326 e. The molecule has 3 aromatic carbocycles. The molecule has 3 aromatic rings. The minimum Gasteiger partial charge on any atom is -0.468 e.